The number of fused-ring (bicyclic) bond motifs is 1. The molecule has 0 unspecified atom stereocenters. The van der Waals surface area contributed by atoms with E-state index < -0.39 is 12.0 Å². The van der Waals surface area contributed by atoms with Crippen LogP contribution in [0.5, 0.6) is 5.75 Å². The second kappa shape index (κ2) is 11.8. The van der Waals surface area contributed by atoms with Crippen molar-refractivity contribution in [1.29, 1.82) is 0 Å². The van der Waals surface area contributed by atoms with Crippen LogP contribution in [-0.4, -0.2) is 84.8 Å². The Balaban J connectivity index is 1.42. The first-order valence-electron chi connectivity index (χ1n) is 11.8. The molecule has 9 nitrogen and oxygen atoms in total. The Hall–Kier alpha value is -3.40. The molecule has 0 aliphatic carbocycles. The van der Waals surface area contributed by atoms with Gasteiger partial charge in [0, 0.05) is 62.5 Å². The summed E-state index contributed by atoms with van der Waals surface area (Å²) in [7, 11) is 1.59. The van der Waals surface area contributed by atoms with Gasteiger partial charge in [-0.2, -0.15) is 0 Å². The van der Waals surface area contributed by atoms with Crippen molar-refractivity contribution in [2.75, 3.05) is 53.0 Å². The number of nitrogens with zero attached hydrogens (tertiary/aromatic N) is 2. The maximum absolute atomic E-state index is 12.4. The number of rotatable bonds is 11. The van der Waals surface area contributed by atoms with Gasteiger partial charge < -0.3 is 24.9 Å². The maximum atomic E-state index is 12.4. The molecule has 4 rings (SSSR count). The van der Waals surface area contributed by atoms with E-state index >= 15 is 0 Å². The maximum Gasteiger partial charge on any atom is 0.325 e. The lowest BCUT2D eigenvalue weighted by Gasteiger charge is -2.37. The highest BCUT2D eigenvalue weighted by molar-refractivity contribution is 5.90. The van der Waals surface area contributed by atoms with E-state index in [4.69, 9.17) is 9.47 Å². The van der Waals surface area contributed by atoms with Crippen molar-refractivity contribution in [3.8, 4) is 5.75 Å². The molecule has 1 aliphatic rings. The number of amides is 1. The number of nitrogens with one attached hydrogen (secondary N) is 2. The lowest BCUT2D eigenvalue weighted by atomic mass is 10.0. The number of carboxylic acids is 1. The van der Waals surface area contributed by atoms with Crippen LogP contribution in [0.25, 0.3) is 10.9 Å². The number of carbonyl (C=O) groups is 2. The van der Waals surface area contributed by atoms with Crippen molar-refractivity contribution in [2.24, 2.45) is 0 Å². The quantitative estimate of drug-likeness (QED) is 0.362. The first-order chi connectivity index (χ1) is 17.0. The highest BCUT2D eigenvalue weighted by atomic mass is 16.5. The van der Waals surface area contributed by atoms with E-state index in [9.17, 15) is 14.7 Å². The van der Waals surface area contributed by atoms with E-state index in [2.05, 4.69) is 10.3 Å². The number of carbonyl (C=O) groups excluding carboxylic acids is 1. The molecule has 35 heavy (non-hydrogen) atoms. The third-order valence-electron chi connectivity index (χ3n) is 6.23. The van der Waals surface area contributed by atoms with Gasteiger partial charge >= 0.3 is 5.97 Å². The van der Waals surface area contributed by atoms with Crippen LogP contribution in [0, 0.1) is 0 Å². The number of benzene rings is 2. The number of methoxy groups -OCH3 is 1. The summed E-state index contributed by atoms with van der Waals surface area (Å²) in [5.74, 6) is -0.257. The molecular formula is C26H32N4O5. The van der Waals surface area contributed by atoms with Gasteiger partial charge in [0.15, 0.2) is 0 Å². The van der Waals surface area contributed by atoms with E-state index in [0.29, 0.717) is 63.8 Å². The summed E-state index contributed by atoms with van der Waals surface area (Å²) in [4.78, 5) is 31.7. The predicted molar refractivity (Wildman–Crippen MR) is 132 cm³/mol. The van der Waals surface area contributed by atoms with Crippen LogP contribution in [0.1, 0.15) is 17.2 Å². The zero-order chi connectivity index (χ0) is 24.6. The Labute approximate surface area is 204 Å². The molecule has 1 aliphatic heterocycles. The molecule has 0 bridgehead atoms. The molecule has 2 heterocycles. The van der Waals surface area contributed by atoms with Crippen LogP contribution in [-0.2, 0) is 20.9 Å². The molecule has 1 amide bonds. The third-order valence-corrected chi connectivity index (χ3v) is 6.23. The zero-order valence-corrected chi connectivity index (χ0v) is 19.9. The topological polar surface area (TPSA) is 107 Å². The summed E-state index contributed by atoms with van der Waals surface area (Å²) >= 11 is 0. The number of hydrogen-bond donors (Lipinski definition) is 3. The summed E-state index contributed by atoms with van der Waals surface area (Å²) in [6, 6.07) is 14.8. The second-order valence-electron chi connectivity index (χ2n) is 8.62. The zero-order valence-electron chi connectivity index (χ0n) is 19.9. The Kier molecular flexibility index (Phi) is 8.36. The highest BCUT2D eigenvalue weighted by Gasteiger charge is 2.32. The number of aromatic amines is 1. The van der Waals surface area contributed by atoms with Crippen molar-refractivity contribution in [2.45, 2.75) is 12.6 Å². The van der Waals surface area contributed by atoms with Gasteiger partial charge in [-0.05, 0) is 23.8 Å². The Bertz CT molecular complexity index is 1130. The van der Waals surface area contributed by atoms with Gasteiger partial charge in [0.25, 0.3) is 0 Å². The average Bonchev–Trinajstić information content (AvgIpc) is 3.27. The molecule has 1 saturated heterocycles. The molecule has 1 aromatic heterocycles. The molecule has 186 valence electrons. The first kappa shape index (κ1) is 24.7. The van der Waals surface area contributed by atoms with Gasteiger partial charge in [-0.15, -0.1) is 0 Å². The van der Waals surface area contributed by atoms with Gasteiger partial charge in [-0.1, -0.05) is 30.3 Å². The van der Waals surface area contributed by atoms with Gasteiger partial charge in [0.2, 0.25) is 5.91 Å². The Morgan fingerprint density at radius 2 is 1.89 bits per heavy atom. The van der Waals surface area contributed by atoms with E-state index in [1.54, 1.807) is 13.3 Å². The summed E-state index contributed by atoms with van der Waals surface area (Å²) < 4.78 is 10.9. The number of aromatic nitrogens is 1. The second-order valence-corrected chi connectivity index (χ2v) is 8.62. The molecule has 2 aromatic carbocycles. The van der Waals surface area contributed by atoms with Crippen molar-refractivity contribution in [1.82, 2.24) is 20.1 Å². The van der Waals surface area contributed by atoms with Crippen molar-refractivity contribution >= 4 is 22.8 Å². The molecule has 0 spiro atoms. The fourth-order valence-corrected chi connectivity index (χ4v) is 4.40. The van der Waals surface area contributed by atoms with Crippen molar-refractivity contribution in [3.63, 3.8) is 0 Å². The number of hydrogen-bond acceptors (Lipinski definition) is 6. The van der Waals surface area contributed by atoms with E-state index in [-0.39, 0.29) is 5.91 Å². The molecule has 1 atom stereocenters. The molecule has 3 N–H and O–H groups in total. The summed E-state index contributed by atoms with van der Waals surface area (Å²) in [6.07, 6.45) is 1.78. The van der Waals surface area contributed by atoms with E-state index in [0.717, 1.165) is 16.5 Å². The average molecular weight is 481 g/mol. The van der Waals surface area contributed by atoms with Crippen molar-refractivity contribution < 1.29 is 24.2 Å². The summed E-state index contributed by atoms with van der Waals surface area (Å²) in [5.41, 5.74) is 2.64. The minimum absolute atomic E-state index is 0.0510. The van der Waals surface area contributed by atoms with Gasteiger partial charge in [0.05, 0.1) is 13.2 Å². The van der Waals surface area contributed by atoms with E-state index in [1.807, 2.05) is 58.3 Å². The molecule has 9 heteroatoms. The largest absolute Gasteiger partial charge is 0.489 e. The number of aliphatic carboxylic acids is 1. The van der Waals surface area contributed by atoms with Crippen molar-refractivity contribution in [3.05, 3.63) is 65.9 Å². The molecule has 0 saturated carbocycles. The molecule has 1 fully saturated rings. The fourth-order valence-electron chi connectivity index (χ4n) is 4.40. The van der Waals surface area contributed by atoms with Gasteiger partial charge in [-0.3, -0.25) is 19.4 Å². The number of piperazine rings is 1. The lowest BCUT2D eigenvalue weighted by Crippen LogP contribution is -2.51. The van der Waals surface area contributed by atoms with Gasteiger partial charge in [0.1, 0.15) is 18.4 Å². The van der Waals surface area contributed by atoms with Gasteiger partial charge in [-0.25, -0.2) is 0 Å². The number of ether oxygens (including phenoxy) is 2. The van der Waals surface area contributed by atoms with Crippen LogP contribution < -0.4 is 10.1 Å². The van der Waals surface area contributed by atoms with Crippen LogP contribution in [0.4, 0.5) is 0 Å². The molecule has 0 radical (unpaired) electrons. The Morgan fingerprint density at radius 3 is 2.60 bits per heavy atom. The minimum Gasteiger partial charge on any atom is -0.489 e. The smallest absolute Gasteiger partial charge is 0.325 e. The van der Waals surface area contributed by atoms with Crippen LogP contribution in [0.3, 0.4) is 0 Å². The van der Waals surface area contributed by atoms with Crippen LogP contribution >= 0.6 is 0 Å². The molecule has 3 aromatic rings. The SMILES string of the molecule is COCCNC(=O)CN1CCN([C@@H](C(=O)O)c2c[nH]c3ccc(OCc4ccccc4)cc23)CC1. The standard InChI is InChI=1S/C26H32N4O5/c1-34-14-9-27-24(31)17-29-10-12-30(13-11-29)25(26(32)33)22-16-28-23-8-7-20(15-21(22)23)35-18-19-5-3-2-4-6-19/h2-8,15-16,25,28H,9-14,17-18H2,1H3,(H,27,31)(H,32,33)/t25-/m1/s1. The molecular weight excluding hydrogens is 448 g/mol. The van der Waals surface area contributed by atoms with Crippen LogP contribution in [0.15, 0.2) is 54.7 Å². The summed E-state index contributed by atoms with van der Waals surface area (Å²) in [6.45, 7) is 4.04. The monoisotopic (exact) mass is 480 g/mol. The summed E-state index contributed by atoms with van der Waals surface area (Å²) in [5, 5.41) is 13.8. The van der Waals surface area contributed by atoms with Crippen LogP contribution in [0.2, 0.25) is 0 Å². The Morgan fingerprint density at radius 1 is 1.11 bits per heavy atom. The fraction of sp³-hybridized carbons (Fsp3) is 0.385. The lowest BCUT2D eigenvalue weighted by molar-refractivity contribution is -0.144. The predicted octanol–water partition coefficient (Wildman–Crippen LogP) is 2.25. The van der Waals surface area contributed by atoms with E-state index in [1.165, 1.54) is 0 Å². The normalized spacial score (nSPS) is 15.7. The highest BCUT2D eigenvalue weighted by Crippen LogP contribution is 2.32. The first-order valence-corrected chi connectivity index (χ1v) is 11.8. The minimum atomic E-state index is -0.896. The number of H-pyrrole nitrogens is 1. The number of carboxylic acid groups (broad SMARTS) is 1. The third kappa shape index (κ3) is 6.39.